The van der Waals surface area contributed by atoms with Crippen LogP contribution in [0.4, 0.5) is 11.4 Å². The number of H-pyrrole nitrogens is 1. The number of rotatable bonds is 4. The van der Waals surface area contributed by atoms with Crippen molar-refractivity contribution in [2.75, 3.05) is 23.3 Å². The minimum absolute atomic E-state index is 0. The minimum atomic E-state index is -0.588. The Balaban J connectivity index is 0.00000208. The Morgan fingerprint density at radius 3 is 2.58 bits per heavy atom. The molecule has 2 heterocycles. The van der Waals surface area contributed by atoms with Gasteiger partial charge in [-0.15, -0.1) is 10.2 Å². The van der Waals surface area contributed by atoms with Crippen molar-refractivity contribution < 1.29 is 39.1 Å². The molecule has 0 radical (unpaired) electrons. The summed E-state index contributed by atoms with van der Waals surface area (Å²) in [6.07, 6.45) is 3.31. The molecule has 0 aliphatic carbocycles. The van der Waals surface area contributed by atoms with Gasteiger partial charge in [0.25, 0.3) is 17.6 Å². The van der Waals surface area contributed by atoms with Gasteiger partial charge in [0.05, 0.1) is 16.9 Å². The first-order chi connectivity index (χ1) is 11.2. The van der Waals surface area contributed by atoms with E-state index in [0.29, 0.717) is 11.3 Å². The standard InChI is InChI=1S/C14H17N7O2.Na/c15-12(22)11-9(16-14(23)13-17-19-20-18-13)5-4-6-10(11)21-7-2-1-3-8-21;/h4-6H,1-3,7-8H2,(H2,15,22)(H,16,23)(H,17,18,19,20);/q;+1. The number of carbonyl (C=O) groups is 2. The number of amides is 2. The zero-order valence-corrected chi connectivity index (χ0v) is 15.5. The molecule has 1 aliphatic rings. The van der Waals surface area contributed by atoms with Gasteiger partial charge in [0.2, 0.25) is 0 Å². The number of piperidine rings is 1. The molecule has 24 heavy (non-hydrogen) atoms. The Morgan fingerprint density at radius 1 is 1.21 bits per heavy atom. The number of primary amides is 1. The normalized spacial score (nSPS) is 13.9. The first kappa shape index (κ1) is 18.4. The number of aromatic amines is 1. The smallest absolute Gasteiger partial charge is 0.371 e. The fraction of sp³-hybridized carbons (Fsp3) is 0.357. The first-order valence-corrected chi connectivity index (χ1v) is 7.39. The van der Waals surface area contributed by atoms with Crippen LogP contribution in [0.15, 0.2) is 18.2 Å². The first-order valence-electron chi connectivity index (χ1n) is 7.39. The van der Waals surface area contributed by atoms with Gasteiger partial charge in [0.15, 0.2) is 0 Å². The van der Waals surface area contributed by atoms with E-state index in [1.54, 1.807) is 12.1 Å². The Kier molecular flexibility index (Phi) is 6.29. The predicted molar refractivity (Wildman–Crippen MR) is 83.2 cm³/mol. The second-order valence-electron chi connectivity index (χ2n) is 5.30. The topological polar surface area (TPSA) is 130 Å². The number of nitrogens with zero attached hydrogens (tertiary/aromatic N) is 4. The summed E-state index contributed by atoms with van der Waals surface area (Å²) in [6.45, 7) is 1.73. The third-order valence-electron chi connectivity index (χ3n) is 3.78. The molecule has 1 fully saturated rings. The molecule has 0 bridgehead atoms. The van der Waals surface area contributed by atoms with E-state index in [-0.39, 0.29) is 35.4 Å². The summed E-state index contributed by atoms with van der Waals surface area (Å²) in [6, 6.07) is 5.25. The monoisotopic (exact) mass is 338 g/mol. The van der Waals surface area contributed by atoms with E-state index in [9.17, 15) is 9.59 Å². The van der Waals surface area contributed by atoms with Crippen LogP contribution >= 0.6 is 0 Å². The van der Waals surface area contributed by atoms with E-state index < -0.39 is 11.8 Å². The van der Waals surface area contributed by atoms with Gasteiger partial charge in [-0.2, -0.15) is 5.21 Å². The maximum atomic E-state index is 12.1. The number of aromatic nitrogens is 4. The molecule has 1 aliphatic heterocycles. The maximum Gasteiger partial charge on any atom is 1.00 e. The van der Waals surface area contributed by atoms with Gasteiger partial charge < -0.3 is 16.0 Å². The number of benzene rings is 1. The molecule has 2 amide bonds. The molecule has 9 nitrogen and oxygen atoms in total. The number of carbonyl (C=O) groups excluding carboxylic acids is 2. The van der Waals surface area contributed by atoms with Crippen molar-refractivity contribution in [1.29, 1.82) is 0 Å². The second-order valence-corrected chi connectivity index (χ2v) is 5.30. The Hall–Kier alpha value is -1.97. The van der Waals surface area contributed by atoms with Crippen LogP contribution < -0.4 is 45.5 Å². The molecule has 3 rings (SSSR count). The summed E-state index contributed by atoms with van der Waals surface area (Å²) in [5.74, 6) is -1.25. The van der Waals surface area contributed by atoms with Crippen LogP contribution in [-0.2, 0) is 0 Å². The van der Waals surface area contributed by atoms with Crippen molar-refractivity contribution >= 4 is 23.2 Å². The SMILES string of the molecule is NC(=O)c1c(NC(=O)c2nn[nH]n2)cccc1N1CCCCC1.[Na+]. The fourth-order valence-corrected chi connectivity index (χ4v) is 2.74. The molecule has 0 unspecified atom stereocenters. The van der Waals surface area contributed by atoms with Gasteiger partial charge in [-0.1, -0.05) is 6.07 Å². The summed E-state index contributed by atoms with van der Waals surface area (Å²) >= 11 is 0. The molecule has 0 spiro atoms. The molecule has 2 aromatic rings. The van der Waals surface area contributed by atoms with Crippen molar-refractivity contribution in [1.82, 2.24) is 20.6 Å². The second kappa shape index (κ2) is 8.22. The van der Waals surface area contributed by atoms with Crippen LogP contribution in [0.1, 0.15) is 40.2 Å². The molecule has 4 N–H and O–H groups in total. The third kappa shape index (κ3) is 3.92. The summed E-state index contributed by atoms with van der Waals surface area (Å²) in [7, 11) is 0. The van der Waals surface area contributed by atoms with E-state index in [1.807, 2.05) is 6.07 Å². The number of anilines is 2. The quantitative estimate of drug-likeness (QED) is 0.531. The molecule has 0 atom stereocenters. The summed E-state index contributed by atoms with van der Waals surface area (Å²) in [4.78, 5) is 26.1. The average molecular weight is 338 g/mol. The molecule has 120 valence electrons. The number of hydrogen-bond donors (Lipinski definition) is 3. The van der Waals surface area contributed by atoms with Crippen molar-refractivity contribution in [2.24, 2.45) is 5.73 Å². The predicted octanol–water partition coefficient (Wildman–Crippen LogP) is -2.45. The van der Waals surface area contributed by atoms with Crippen LogP contribution in [0.25, 0.3) is 0 Å². The van der Waals surface area contributed by atoms with Gasteiger partial charge in [-0.25, -0.2) is 0 Å². The molecule has 1 aromatic carbocycles. The number of tetrazole rings is 1. The molecule has 1 saturated heterocycles. The van der Waals surface area contributed by atoms with Gasteiger partial charge in [0.1, 0.15) is 0 Å². The van der Waals surface area contributed by atoms with E-state index in [2.05, 4.69) is 30.8 Å². The van der Waals surface area contributed by atoms with Crippen molar-refractivity contribution in [3.8, 4) is 0 Å². The molecule has 10 heteroatoms. The van der Waals surface area contributed by atoms with Crippen LogP contribution in [-0.4, -0.2) is 45.5 Å². The molecular formula is C14H17N7NaO2+. The summed E-state index contributed by atoms with van der Waals surface area (Å²) in [5, 5.41) is 15.4. The van der Waals surface area contributed by atoms with Gasteiger partial charge in [-0.3, -0.25) is 9.59 Å². The van der Waals surface area contributed by atoms with Crippen molar-refractivity contribution in [3.63, 3.8) is 0 Å². The van der Waals surface area contributed by atoms with E-state index in [0.717, 1.165) is 31.6 Å². The zero-order chi connectivity index (χ0) is 16.2. The van der Waals surface area contributed by atoms with Gasteiger partial charge in [0, 0.05) is 13.1 Å². The van der Waals surface area contributed by atoms with E-state index in [4.69, 9.17) is 5.73 Å². The van der Waals surface area contributed by atoms with E-state index in [1.165, 1.54) is 6.42 Å². The number of nitrogens with one attached hydrogen (secondary N) is 2. The van der Waals surface area contributed by atoms with Crippen LogP contribution in [0.5, 0.6) is 0 Å². The van der Waals surface area contributed by atoms with Gasteiger partial charge >= 0.3 is 29.6 Å². The fourth-order valence-electron chi connectivity index (χ4n) is 2.74. The average Bonchev–Trinajstić information content (AvgIpc) is 3.10. The Bertz CT molecular complexity index is 714. The largest absolute Gasteiger partial charge is 1.00 e. The third-order valence-corrected chi connectivity index (χ3v) is 3.78. The Labute approximate surface area is 160 Å². The Morgan fingerprint density at radius 2 is 1.96 bits per heavy atom. The van der Waals surface area contributed by atoms with Crippen molar-refractivity contribution in [2.45, 2.75) is 19.3 Å². The van der Waals surface area contributed by atoms with Gasteiger partial charge in [-0.05, 0) is 36.6 Å². The number of nitrogens with two attached hydrogens (primary N) is 1. The van der Waals surface area contributed by atoms with Crippen molar-refractivity contribution in [3.05, 3.63) is 29.6 Å². The molecule has 1 aromatic heterocycles. The molecular weight excluding hydrogens is 321 g/mol. The number of hydrogen-bond acceptors (Lipinski definition) is 6. The summed E-state index contributed by atoms with van der Waals surface area (Å²) < 4.78 is 0. The maximum absolute atomic E-state index is 12.1. The van der Waals surface area contributed by atoms with Crippen LogP contribution in [0.3, 0.4) is 0 Å². The van der Waals surface area contributed by atoms with E-state index >= 15 is 0 Å². The zero-order valence-electron chi connectivity index (χ0n) is 13.5. The molecule has 0 saturated carbocycles. The van der Waals surface area contributed by atoms with Crippen LogP contribution in [0.2, 0.25) is 0 Å². The minimum Gasteiger partial charge on any atom is -0.371 e. The van der Waals surface area contributed by atoms with Crippen LogP contribution in [0, 0.1) is 0 Å². The summed E-state index contributed by atoms with van der Waals surface area (Å²) in [5.41, 5.74) is 6.93.